The average molecular weight is 629 g/mol. The zero-order valence-electron chi connectivity index (χ0n) is 25.9. The highest BCUT2D eigenvalue weighted by atomic mass is 16.6. The Kier molecular flexibility index (Phi) is 14.7. The van der Waals surface area contributed by atoms with E-state index >= 15 is 0 Å². The van der Waals surface area contributed by atoms with Gasteiger partial charge in [0.1, 0.15) is 24.8 Å². The van der Waals surface area contributed by atoms with E-state index in [2.05, 4.69) is 17.6 Å². The van der Waals surface area contributed by atoms with Crippen LogP contribution in [0, 0.1) is 0 Å². The second-order valence-corrected chi connectivity index (χ2v) is 10.6. The van der Waals surface area contributed by atoms with Gasteiger partial charge in [-0.2, -0.15) is 0 Å². The Hall–Kier alpha value is -5.25. The number of carboxylic acid groups (broad SMARTS) is 1. The Labute approximate surface area is 268 Å². The Balaban J connectivity index is 1.76. The summed E-state index contributed by atoms with van der Waals surface area (Å²) in [6, 6.07) is 24.0. The number of hydrogen-bond acceptors (Lipinski definition) is 7. The van der Waals surface area contributed by atoms with Crippen LogP contribution in [-0.2, 0) is 53.1 Å². The highest BCUT2D eigenvalue weighted by molar-refractivity contribution is 6.17. The van der Waals surface area contributed by atoms with Crippen molar-refractivity contribution in [2.75, 3.05) is 6.54 Å². The van der Waals surface area contributed by atoms with Gasteiger partial charge in [-0.3, -0.25) is 14.4 Å². The van der Waals surface area contributed by atoms with Crippen molar-refractivity contribution in [2.24, 2.45) is 0 Å². The van der Waals surface area contributed by atoms with Crippen LogP contribution in [0.1, 0.15) is 61.3 Å². The minimum atomic E-state index is -1.10. The van der Waals surface area contributed by atoms with Crippen LogP contribution in [0.15, 0.2) is 90.5 Å². The monoisotopic (exact) mass is 628 g/mol. The summed E-state index contributed by atoms with van der Waals surface area (Å²) in [5.41, 5.74) is 2.45. The normalized spacial score (nSPS) is 11.1. The zero-order valence-corrected chi connectivity index (χ0v) is 25.9. The molecule has 0 aliphatic heterocycles. The van der Waals surface area contributed by atoms with Crippen LogP contribution in [-0.4, -0.2) is 47.4 Å². The Morgan fingerprint density at radius 2 is 1.30 bits per heavy atom. The van der Waals surface area contributed by atoms with Gasteiger partial charge in [-0.15, -0.1) is 0 Å². The van der Waals surface area contributed by atoms with Gasteiger partial charge in [0.25, 0.3) is 0 Å². The molecule has 242 valence electrons. The van der Waals surface area contributed by atoms with Crippen LogP contribution in [0.3, 0.4) is 0 Å². The smallest absolute Gasteiger partial charge is 0.345 e. The van der Waals surface area contributed by atoms with E-state index in [9.17, 15) is 24.0 Å². The first-order valence-electron chi connectivity index (χ1n) is 15.3. The molecule has 0 saturated heterocycles. The fourth-order valence-electron chi connectivity index (χ4n) is 4.36. The van der Waals surface area contributed by atoms with Gasteiger partial charge >= 0.3 is 17.9 Å². The SMILES string of the molecule is CCCCCNC(=O)[C@H](Cc1ccc(C=C(C(=O)OCc2ccccc2)C(=O)OCc2ccccc2)cc1)NC(=O)CCC(=O)O. The molecule has 0 saturated carbocycles. The predicted molar refractivity (Wildman–Crippen MR) is 172 cm³/mol. The molecule has 46 heavy (non-hydrogen) atoms. The molecule has 3 rings (SSSR count). The molecule has 2 amide bonds. The summed E-state index contributed by atoms with van der Waals surface area (Å²) >= 11 is 0. The number of carboxylic acids is 1. The van der Waals surface area contributed by atoms with Crippen LogP contribution in [0.5, 0.6) is 0 Å². The molecule has 0 bridgehead atoms. The summed E-state index contributed by atoms with van der Waals surface area (Å²) in [5, 5.41) is 14.4. The summed E-state index contributed by atoms with van der Waals surface area (Å²) in [6.07, 6.45) is 3.68. The van der Waals surface area contributed by atoms with E-state index in [1.165, 1.54) is 6.08 Å². The van der Waals surface area contributed by atoms with Crippen LogP contribution in [0.25, 0.3) is 6.08 Å². The fourth-order valence-corrected chi connectivity index (χ4v) is 4.36. The third kappa shape index (κ3) is 12.8. The quantitative estimate of drug-likeness (QED) is 0.0601. The van der Waals surface area contributed by atoms with E-state index in [0.29, 0.717) is 17.7 Å². The number of aliphatic carboxylic acids is 1. The Bertz CT molecular complexity index is 1410. The second-order valence-electron chi connectivity index (χ2n) is 10.6. The molecule has 0 radical (unpaired) electrons. The molecule has 0 spiro atoms. The fraction of sp³-hybridized carbons (Fsp3) is 0.306. The number of rotatable bonds is 18. The summed E-state index contributed by atoms with van der Waals surface area (Å²) in [6.45, 7) is 2.46. The first-order chi connectivity index (χ1) is 22.2. The third-order valence-electron chi connectivity index (χ3n) is 6.89. The molecule has 10 nitrogen and oxygen atoms in total. The van der Waals surface area contributed by atoms with Gasteiger partial charge in [0.15, 0.2) is 0 Å². The van der Waals surface area contributed by atoms with Crippen LogP contribution >= 0.6 is 0 Å². The molecule has 3 aromatic rings. The van der Waals surface area contributed by atoms with Gasteiger partial charge in [0.2, 0.25) is 11.8 Å². The maximum Gasteiger partial charge on any atom is 0.345 e. The molecule has 3 aromatic carbocycles. The number of amides is 2. The van der Waals surface area contributed by atoms with Crippen LogP contribution in [0.4, 0.5) is 0 Å². The minimum absolute atomic E-state index is 0.0258. The molecular formula is C36H40N2O8. The van der Waals surface area contributed by atoms with Gasteiger partial charge in [-0.05, 0) is 34.8 Å². The van der Waals surface area contributed by atoms with Crippen molar-refractivity contribution in [2.45, 2.75) is 64.7 Å². The van der Waals surface area contributed by atoms with Crippen molar-refractivity contribution in [1.82, 2.24) is 10.6 Å². The van der Waals surface area contributed by atoms with Crippen molar-refractivity contribution >= 4 is 35.8 Å². The van der Waals surface area contributed by atoms with Gasteiger partial charge < -0.3 is 25.2 Å². The molecule has 0 unspecified atom stereocenters. The zero-order chi connectivity index (χ0) is 33.1. The molecule has 0 aromatic heterocycles. The van der Waals surface area contributed by atoms with Crippen molar-refractivity contribution in [3.63, 3.8) is 0 Å². The maximum absolute atomic E-state index is 13.1. The summed E-state index contributed by atoms with van der Waals surface area (Å²) in [7, 11) is 0. The third-order valence-corrected chi connectivity index (χ3v) is 6.89. The van der Waals surface area contributed by atoms with Crippen LogP contribution < -0.4 is 10.6 Å². The standard InChI is InChI=1S/C36H40N2O8/c1-2-3-10-21-37-34(42)31(38-32(39)19-20-33(40)41)23-27-17-15-26(16-18-27)22-30(35(43)45-24-28-11-6-4-7-12-28)36(44)46-25-29-13-8-5-9-14-29/h4-9,11-18,22,31H,2-3,10,19-21,23-25H2,1H3,(H,37,42)(H,38,39)(H,40,41)/t31-/m0/s1. The largest absolute Gasteiger partial charge is 0.481 e. The number of carbonyl (C=O) groups excluding carboxylic acids is 4. The van der Waals surface area contributed by atoms with E-state index in [1.807, 2.05) is 36.4 Å². The Morgan fingerprint density at radius 1 is 0.739 bits per heavy atom. The van der Waals surface area contributed by atoms with E-state index in [1.54, 1.807) is 48.5 Å². The first-order valence-corrected chi connectivity index (χ1v) is 15.3. The van der Waals surface area contributed by atoms with E-state index in [0.717, 1.165) is 30.4 Å². The predicted octanol–water partition coefficient (Wildman–Crippen LogP) is 4.76. The van der Waals surface area contributed by atoms with E-state index in [-0.39, 0.29) is 44.0 Å². The highest BCUT2D eigenvalue weighted by Gasteiger charge is 2.23. The van der Waals surface area contributed by atoms with Gasteiger partial charge in [-0.1, -0.05) is 105 Å². The first kappa shape index (κ1) is 35.2. The summed E-state index contributed by atoms with van der Waals surface area (Å²) in [4.78, 5) is 62.3. The summed E-state index contributed by atoms with van der Waals surface area (Å²) < 4.78 is 10.9. The lowest BCUT2D eigenvalue weighted by molar-refractivity contribution is -0.148. The van der Waals surface area contributed by atoms with Crippen molar-refractivity contribution < 1.29 is 38.6 Å². The van der Waals surface area contributed by atoms with Crippen molar-refractivity contribution in [1.29, 1.82) is 0 Å². The number of carbonyl (C=O) groups is 5. The number of benzene rings is 3. The number of ether oxygens (including phenoxy) is 2. The lowest BCUT2D eigenvalue weighted by Crippen LogP contribution is -2.48. The molecule has 3 N–H and O–H groups in total. The maximum atomic E-state index is 13.1. The second kappa shape index (κ2) is 19.2. The lowest BCUT2D eigenvalue weighted by Gasteiger charge is -2.19. The minimum Gasteiger partial charge on any atom is -0.481 e. The topological polar surface area (TPSA) is 148 Å². The van der Waals surface area contributed by atoms with Gasteiger partial charge in [0.05, 0.1) is 6.42 Å². The Morgan fingerprint density at radius 3 is 1.83 bits per heavy atom. The number of hydrogen-bond donors (Lipinski definition) is 3. The average Bonchev–Trinajstić information content (AvgIpc) is 3.07. The highest BCUT2D eigenvalue weighted by Crippen LogP contribution is 2.16. The molecule has 0 heterocycles. The molecule has 10 heteroatoms. The van der Waals surface area contributed by atoms with E-state index < -0.39 is 29.9 Å². The lowest BCUT2D eigenvalue weighted by atomic mass is 10.0. The van der Waals surface area contributed by atoms with E-state index in [4.69, 9.17) is 14.6 Å². The molecule has 0 aliphatic rings. The molecular weight excluding hydrogens is 588 g/mol. The van der Waals surface area contributed by atoms with Gasteiger partial charge in [0, 0.05) is 19.4 Å². The molecule has 1 atom stereocenters. The number of unbranched alkanes of at least 4 members (excludes halogenated alkanes) is 2. The van der Waals surface area contributed by atoms with Crippen molar-refractivity contribution in [3.05, 3.63) is 113 Å². The van der Waals surface area contributed by atoms with Crippen molar-refractivity contribution in [3.8, 4) is 0 Å². The van der Waals surface area contributed by atoms with Gasteiger partial charge in [-0.25, -0.2) is 9.59 Å². The molecule has 0 fully saturated rings. The molecule has 0 aliphatic carbocycles. The number of esters is 2. The van der Waals surface area contributed by atoms with Crippen LogP contribution in [0.2, 0.25) is 0 Å². The number of nitrogens with one attached hydrogen (secondary N) is 2. The summed E-state index contributed by atoms with van der Waals surface area (Å²) in [5.74, 6) is -3.69.